The molecule has 0 aromatic heterocycles. The second-order valence-electron chi connectivity index (χ2n) is 5.27. The van der Waals surface area contributed by atoms with Crippen LogP contribution in [0.2, 0.25) is 0 Å². The van der Waals surface area contributed by atoms with Gasteiger partial charge in [-0.05, 0) is 19.9 Å². The Morgan fingerprint density at radius 3 is 2.84 bits per heavy atom. The number of ketones is 2. The highest BCUT2D eigenvalue weighted by Crippen LogP contribution is 2.50. The molecule has 4 nitrogen and oxygen atoms in total. The lowest BCUT2D eigenvalue weighted by Crippen LogP contribution is -2.36. The van der Waals surface area contributed by atoms with Gasteiger partial charge in [-0.3, -0.25) is 9.59 Å². The van der Waals surface area contributed by atoms with Gasteiger partial charge in [0.15, 0.2) is 17.5 Å². The van der Waals surface area contributed by atoms with E-state index in [1.54, 1.807) is 12.1 Å². The number of epoxide rings is 1. The van der Waals surface area contributed by atoms with E-state index >= 15 is 0 Å². The number of phenols is 1. The zero-order valence-corrected chi connectivity index (χ0v) is 10.8. The molecule has 1 aromatic carbocycles. The number of rotatable bonds is 2. The van der Waals surface area contributed by atoms with Gasteiger partial charge >= 0.3 is 0 Å². The first kappa shape index (κ1) is 12.1. The lowest BCUT2D eigenvalue weighted by Gasteiger charge is -2.18. The molecule has 1 saturated heterocycles. The average Bonchev–Trinajstić information content (AvgIpc) is 3.10. The molecule has 1 aromatic rings. The van der Waals surface area contributed by atoms with Crippen LogP contribution in [0.15, 0.2) is 29.8 Å². The van der Waals surface area contributed by atoms with Crippen LogP contribution in [0.3, 0.4) is 0 Å². The minimum atomic E-state index is -1.08. The number of hydrogen-bond acceptors (Lipinski definition) is 4. The SMILES string of the molecule is CC(C)=CC[C@]12O[C@H]1C(=O)c1cccc(O)c1C2=O. The highest BCUT2D eigenvalue weighted by Gasteiger charge is 2.68. The van der Waals surface area contributed by atoms with E-state index < -0.39 is 11.7 Å². The van der Waals surface area contributed by atoms with Crippen molar-refractivity contribution in [3.63, 3.8) is 0 Å². The zero-order chi connectivity index (χ0) is 13.8. The quantitative estimate of drug-likeness (QED) is 0.652. The van der Waals surface area contributed by atoms with Crippen LogP contribution in [0.5, 0.6) is 5.75 Å². The summed E-state index contributed by atoms with van der Waals surface area (Å²) in [5.41, 5.74) is 0.343. The zero-order valence-electron chi connectivity index (χ0n) is 10.8. The molecule has 0 radical (unpaired) electrons. The molecule has 1 N–H and O–H groups in total. The van der Waals surface area contributed by atoms with Crippen molar-refractivity contribution in [1.29, 1.82) is 0 Å². The molecule has 1 fully saturated rings. The maximum atomic E-state index is 12.5. The molecule has 0 bridgehead atoms. The molecule has 0 spiro atoms. The molecule has 0 unspecified atom stereocenters. The van der Waals surface area contributed by atoms with E-state index in [9.17, 15) is 14.7 Å². The fourth-order valence-electron chi connectivity index (χ4n) is 2.55. The lowest BCUT2D eigenvalue weighted by atomic mass is 9.79. The van der Waals surface area contributed by atoms with Crippen molar-refractivity contribution in [1.82, 2.24) is 0 Å². The summed E-state index contributed by atoms with van der Waals surface area (Å²) in [5, 5.41) is 9.83. The van der Waals surface area contributed by atoms with E-state index in [1.807, 2.05) is 19.9 Å². The largest absolute Gasteiger partial charge is 0.507 e. The number of benzene rings is 1. The van der Waals surface area contributed by atoms with Crippen molar-refractivity contribution in [2.24, 2.45) is 0 Å². The first-order valence-corrected chi connectivity index (χ1v) is 6.19. The number of carbonyl (C=O) groups is 2. The van der Waals surface area contributed by atoms with Crippen LogP contribution in [0.25, 0.3) is 0 Å². The van der Waals surface area contributed by atoms with Gasteiger partial charge in [-0.15, -0.1) is 0 Å². The third kappa shape index (κ3) is 1.56. The van der Waals surface area contributed by atoms with Gasteiger partial charge in [0.2, 0.25) is 5.78 Å². The van der Waals surface area contributed by atoms with E-state index in [0.717, 1.165) is 5.57 Å². The maximum absolute atomic E-state index is 12.5. The van der Waals surface area contributed by atoms with E-state index in [0.29, 0.717) is 6.42 Å². The van der Waals surface area contributed by atoms with Gasteiger partial charge in [-0.25, -0.2) is 0 Å². The first-order chi connectivity index (χ1) is 8.97. The fraction of sp³-hybridized carbons (Fsp3) is 0.333. The Bertz CT molecular complexity index is 625. The molecular formula is C15H14O4. The van der Waals surface area contributed by atoms with Crippen LogP contribution >= 0.6 is 0 Å². The smallest absolute Gasteiger partial charge is 0.202 e. The van der Waals surface area contributed by atoms with Gasteiger partial charge in [0.05, 0.1) is 5.56 Å². The number of hydrogen-bond donors (Lipinski definition) is 1. The first-order valence-electron chi connectivity index (χ1n) is 6.19. The molecule has 4 heteroatoms. The summed E-state index contributed by atoms with van der Waals surface area (Å²) in [6.45, 7) is 3.85. The van der Waals surface area contributed by atoms with Crippen molar-refractivity contribution in [3.8, 4) is 5.75 Å². The molecule has 1 aliphatic heterocycles. The average molecular weight is 258 g/mol. The van der Waals surface area contributed by atoms with Crippen molar-refractivity contribution < 1.29 is 19.4 Å². The Hall–Kier alpha value is -1.94. The van der Waals surface area contributed by atoms with E-state index in [1.165, 1.54) is 6.07 Å². The molecule has 98 valence electrons. The standard InChI is InChI=1S/C15H14O4/c1-8(2)6-7-15-13(18)11-9(4-3-5-10(11)16)12(17)14(15)19-15/h3-6,14,16H,7H2,1-2H3/t14-,15+/m0/s1. The minimum Gasteiger partial charge on any atom is -0.507 e. The number of carbonyl (C=O) groups excluding carboxylic acids is 2. The third-order valence-corrected chi connectivity index (χ3v) is 3.67. The lowest BCUT2D eigenvalue weighted by molar-refractivity contribution is 0.0859. The number of Topliss-reactive ketones (excluding diaryl/α,β-unsaturated/α-hetero) is 2. The van der Waals surface area contributed by atoms with Crippen molar-refractivity contribution in [3.05, 3.63) is 41.0 Å². The Balaban J connectivity index is 2.08. The van der Waals surface area contributed by atoms with Gasteiger partial charge in [0, 0.05) is 12.0 Å². The molecular weight excluding hydrogens is 244 g/mol. The number of fused-ring (bicyclic) bond motifs is 2. The summed E-state index contributed by atoms with van der Waals surface area (Å²) in [6, 6.07) is 4.54. The number of allylic oxidation sites excluding steroid dienone is 1. The maximum Gasteiger partial charge on any atom is 0.202 e. The van der Waals surface area contributed by atoms with Crippen LogP contribution in [0.1, 0.15) is 41.0 Å². The summed E-state index contributed by atoms with van der Waals surface area (Å²) in [6.07, 6.45) is 1.57. The highest BCUT2D eigenvalue weighted by atomic mass is 16.6. The normalized spacial score (nSPS) is 27.6. The number of ether oxygens (including phenoxy) is 1. The van der Waals surface area contributed by atoms with Crippen LogP contribution in [-0.2, 0) is 4.74 Å². The van der Waals surface area contributed by atoms with Crippen molar-refractivity contribution in [2.45, 2.75) is 32.0 Å². The van der Waals surface area contributed by atoms with Crippen molar-refractivity contribution >= 4 is 11.6 Å². The fourth-order valence-corrected chi connectivity index (χ4v) is 2.55. The second kappa shape index (κ2) is 3.78. The summed E-state index contributed by atoms with van der Waals surface area (Å²) >= 11 is 0. The van der Waals surface area contributed by atoms with E-state index in [2.05, 4.69) is 0 Å². The molecule has 1 aliphatic carbocycles. The molecule has 3 rings (SSSR count). The molecule has 1 heterocycles. The Labute approximate surface area is 110 Å². The minimum absolute atomic E-state index is 0.100. The van der Waals surface area contributed by atoms with Crippen molar-refractivity contribution in [2.75, 3.05) is 0 Å². The van der Waals surface area contributed by atoms with Crippen LogP contribution in [0.4, 0.5) is 0 Å². The topological polar surface area (TPSA) is 66.9 Å². The van der Waals surface area contributed by atoms with Gasteiger partial charge in [-0.1, -0.05) is 23.8 Å². The Kier molecular flexibility index (Phi) is 2.41. The van der Waals surface area contributed by atoms with Gasteiger partial charge in [0.25, 0.3) is 0 Å². The third-order valence-electron chi connectivity index (χ3n) is 3.67. The second-order valence-corrected chi connectivity index (χ2v) is 5.27. The molecule has 2 aliphatic rings. The van der Waals surface area contributed by atoms with Gasteiger partial charge < -0.3 is 9.84 Å². The summed E-state index contributed by atoms with van der Waals surface area (Å²) in [5.74, 6) is -0.656. The van der Waals surface area contributed by atoms with E-state index in [-0.39, 0.29) is 28.4 Å². The monoisotopic (exact) mass is 258 g/mol. The molecule has 2 atom stereocenters. The van der Waals surface area contributed by atoms with Crippen LogP contribution in [0, 0.1) is 0 Å². The number of aromatic hydroxyl groups is 1. The summed E-state index contributed by atoms with van der Waals surface area (Å²) in [7, 11) is 0. The predicted octanol–water partition coefficient (Wildman–Crippen LogP) is 2.27. The van der Waals surface area contributed by atoms with Crippen LogP contribution in [-0.4, -0.2) is 28.4 Å². The predicted molar refractivity (Wildman–Crippen MR) is 68.4 cm³/mol. The molecule has 0 amide bonds. The van der Waals surface area contributed by atoms with Crippen LogP contribution < -0.4 is 0 Å². The Morgan fingerprint density at radius 2 is 2.16 bits per heavy atom. The summed E-state index contributed by atoms with van der Waals surface area (Å²) < 4.78 is 5.42. The van der Waals surface area contributed by atoms with Gasteiger partial charge in [-0.2, -0.15) is 0 Å². The number of phenolic OH excluding ortho intramolecular Hbond substituents is 1. The molecule has 19 heavy (non-hydrogen) atoms. The highest BCUT2D eigenvalue weighted by molar-refractivity contribution is 6.24. The van der Waals surface area contributed by atoms with E-state index in [4.69, 9.17) is 4.74 Å². The molecule has 0 saturated carbocycles. The van der Waals surface area contributed by atoms with Gasteiger partial charge in [0.1, 0.15) is 5.75 Å². The Morgan fingerprint density at radius 1 is 1.42 bits per heavy atom. The summed E-state index contributed by atoms with van der Waals surface area (Å²) in [4.78, 5) is 24.7.